The summed E-state index contributed by atoms with van der Waals surface area (Å²) in [5, 5.41) is 2.87. The molecule has 9 heteroatoms. The van der Waals surface area contributed by atoms with Crippen molar-refractivity contribution in [2.75, 3.05) is 12.1 Å². The topological polar surface area (TPSA) is 94.8 Å². The van der Waals surface area contributed by atoms with E-state index in [0.717, 1.165) is 0 Å². The molecule has 1 aliphatic rings. The fraction of sp³-hybridized carbons (Fsp3) is 0.105. The van der Waals surface area contributed by atoms with Gasteiger partial charge in [0.25, 0.3) is 5.91 Å². The van der Waals surface area contributed by atoms with Gasteiger partial charge in [0.05, 0.1) is 27.6 Å². The van der Waals surface area contributed by atoms with Crippen LogP contribution in [0.25, 0.3) is 0 Å². The minimum Gasteiger partial charge on any atom is -0.459 e. The van der Waals surface area contributed by atoms with Gasteiger partial charge in [0.1, 0.15) is 0 Å². The highest BCUT2D eigenvalue weighted by Crippen LogP contribution is 2.39. The van der Waals surface area contributed by atoms with Gasteiger partial charge in [-0.05, 0) is 18.2 Å². The first kappa shape index (κ1) is 18.4. The van der Waals surface area contributed by atoms with Crippen LogP contribution in [-0.4, -0.2) is 21.1 Å². The third-order valence-electron chi connectivity index (χ3n) is 4.11. The summed E-state index contributed by atoms with van der Waals surface area (Å²) in [4.78, 5) is 12.8. The van der Waals surface area contributed by atoms with Crippen LogP contribution in [0.2, 0.25) is 5.02 Å². The van der Waals surface area contributed by atoms with Gasteiger partial charge < -0.3 is 19.2 Å². The number of hydrogen-bond donors (Lipinski definition) is 1. The zero-order valence-corrected chi connectivity index (χ0v) is 15.9. The molecule has 3 aromatic rings. The number of amides is 1. The number of benzene rings is 2. The van der Waals surface area contributed by atoms with Gasteiger partial charge in [-0.25, -0.2) is 8.42 Å². The molecule has 1 aromatic heterocycles. The summed E-state index contributed by atoms with van der Waals surface area (Å²) in [6, 6.07) is 12.5. The summed E-state index contributed by atoms with van der Waals surface area (Å²) in [7, 11) is -3.63. The molecule has 0 fully saturated rings. The lowest BCUT2D eigenvalue weighted by Crippen LogP contribution is -2.15. The third kappa shape index (κ3) is 3.56. The normalized spacial score (nSPS) is 12.8. The fourth-order valence-electron chi connectivity index (χ4n) is 2.76. The number of anilines is 1. The maximum atomic E-state index is 12.6. The van der Waals surface area contributed by atoms with E-state index in [-0.39, 0.29) is 33.8 Å². The van der Waals surface area contributed by atoms with E-state index in [1.165, 1.54) is 36.6 Å². The van der Waals surface area contributed by atoms with Crippen molar-refractivity contribution in [3.63, 3.8) is 0 Å². The Balaban J connectivity index is 1.57. The van der Waals surface area contributed by atoms with Gasteiger partial charge in [-0.2, -0.15) is 0 Å². The number of fused-ring (bicyclic) bond motifs is 1. The van der Waals surface area contributed by atoms with Crippen molar-refractivity contribution in [3.05, 3.63) is 71.1 Å². The van der Waals surface area contributed by atoms with Crippen LogP contribution in [0, 0.1) is 0 Å². The van der Waals surface area contributed by atoms with E-state index >= 15 is 0 Å². The predicted octanol–water partition coefficient (Wildman–Crippen LogP) is 3.89. The van der Waals surface area contributed by atoms with Gasteiger partial charge in [0.2, 0.25) is 6.79 Å². The van der Waals surface area contributed by atoms with Crippen molar-refractivity contribution in [1.29, 1.82) is 0 Å². The largest absolute Gasteiger partial charge is 0.459 e. The molecule has 2 heterocycles. The lowest BCUT2D eigenvalue weighted by molar-refractivity contribution is 0.0996. The molecule has 0 radical (unpaired) electrons. The quantitative estimate of drug-likeness (QED) is 0.674. The second kappa shape index (κ2) is 7.21. The molecule has 0 bridgehead atoms. The van der Waals surface area contributed by atoms with E-state index in [1.807, 2.05) is 0 Å². The van der Waals surface area contributed by atoms with Gasteiger partial charge in [0.15, 0.2) is 27.1 Å². The fourth-order valence-corrected chi connectivity index (χ4v) is 4.33. The van der Waals surface area contributed by atoms with Crippen LogP contribution in [-0.2, 0) is 15.6 Å². The van der Waals surface area contributed by atoms with Gasteiger partial charge >= 0.3 is 0 Å². The van der Waals surface area contributed by atoms with Gasteiger partial charge in [-0.15, -0.1) is 0 Å². The first-order chi connectivity index (χ1) is 13.4. The standard InChI is InChI=1S/C19H14ClNO6S/c20-14-8-16-17(27-11-26-16)9-15(14)21-19(22)18-12(6-7-25-18)10-28(23,24)13-4-2-1-3-5-13/h1-9H,10-11H2,(H,21,22). The van der Waals surface area contributed by atoms with Crippen molar-refractivity contribution in [2.45, 2.75) is 10.6 Å². The van der Waals surface area contributed by atoms with Crippen molar-refractivity contribution in [3.8, 4) is 11.5 Å². The Hall–Kier alpha value is -2.97. The highest BCUT2D eigenvalue weighted by molar-refractivity contribution is 7.90. The number of rotatable bonds is 5. The van der Waals surface area contributed by atoms with Crippen LogP contribution in [0.5, 0.6) is 11.5 Å². The van der Waals surface area contributed by atoms with E-state index in [9.17, 15) is 13.2 Å². The van der Waals surface area contributed by atoms with E-state index in [2.05, 4.69) is 5.32 Å². The number of nitrogens with one attached hydrogen (secondary N) is 1. The van der Waals surface area contributed by atoms with Gasteiger partial charge in [-0.1, -0.05) is 29.8 Å². The Morgan fingerprint density at radius 3 is 2.54 bits per heavy atom. The molecular formula is C19H14ClNO6S. The molecule has 0 spiro atoms. The second-order valence-electron chi connectivity index (χ2n) is 5.99. The lowest BCUT2D eigenvalue weighted by Gasteiger charge is -2.09. The molecule has 1 N–H and O–H groups in total. The smallest absolute Gasteiger partial charge is 0.291 e. The first-order valence-corrected chi connectivity index (χ1v) is 10.2. The minimum atomic E-state index is -3.63. The molecule has 0 unspecified atom stereocenters. The van der Waals surface area contributed by atoms with Crippen LogP contribution in [0.1, 0.15) is 16.1 Å². The number of furan rings is 1. The maximum Gasteiger partial charge on any atom is 0.291 e. The highest BCUT2D eigenvalue weighted by atomic mass is 35.5. The molecule has 28 heavy (non-hydrogen) atoms. The van der Waals surface area contributed by atoms with Gasteiger partial charge in [0, 0.05) is 17.7 Å². The summed E-state index contributed by atoms with van der Waals surface area (Å²) in [5.41, 5.74) is 0.544. The molecule has 0 saturated heterocycles. The number of halogens is 1. The number of carbonyl (C=O) groups excluding carboxylic acids is 1. The van der Waals surface area contributed by atoms with E-state index in [4.69, 9.17) is 25.5 Å². The van der Waals surface area contributed by atoms with Crippen LogP contribution in [0.15, 0.2) is 64.1 Å². The summed E-state index contributed by atoms with van der Waals surface area (Å²) < 4.78 is 40.9. The molecule has 0 atom stereocenters. The molecular weight excluding hydrogens is 406 g/mol. The zero-order valence-electron chi connectivity index (χ0n) is 14.3. The van der Waals surface area contributed by atoms with E-state index in [1.54, 1.807) is 18.2 Å². The average molecular weight is 420 g/mol. The molecule has 1 aliphatic heterocycles. The Kier molecular flexibility index (Phi) is 4.74. The van der Waals surface area contributed by atoms with Gasteiger partial charge in [-0.3, -0.25) is 4.79 Å². The molecule has 0 saturated carbocycles. The summed E-state index contributed by atoms with van der Waals surface area (Å²) in [6.07, 6.45) is 1.27. The number of sulfone groups is 1. The van der Waals surface area contributed by atoms with Crippen LogP contribution in [0.3, 0.4) is 0 Å². The number of hydrogen-bond acceptors (Lipinski definition) is 6. The monoisotopic (exact) mass is 419 g/mol. The Morgan fingerprint density at radius 2 is 1.79 bits per heavy atom. The predicted molar refractivity (Wildman–Crippen MR) is 102 cm³/mol. The van der Waals surface area contributed by atoms with Crippen molar-refractivity contribution >= 4 is 33.0 Å². The maximum absolute atomic E-state index is 12.6. The molecule has 7 nitrogen and oxygen atoms in total. The number of carbonyl (C=O) groups is 1. The Labute approximate surface area is 165 Å². The lowest BCUT2D eigenvalue weighted by atomic mass is 10.2. The summed E-state index contributed by atoms with van der Waals surface area (Å²) in [5.74, 6) is -0.163. The molecule has 4 rings (SSSR count). The van der Waals surface area contributed by atoms with Crippen molar-refractivity contribution in [2.24, 2.45) is 0 Å². The molecule has 2 aromatic carbocycles. The third-order valence-corrected chi connectivity index (χ3v) is 6.11. The Bertz CT molecular complexity index is 1140. The summed E-state index contributed by atoms with van der Waals surface area (Å²) in [6.45, 7) is 0.0722. The molecule has 0 aliphatic carbocycles. The Morgan fingerprint density at radius 1 is 1.07 bits per heavy atom. The SMILES string of the molecule is O=C(Nc1cc2c(cc1Cl)OCO2)c1occc1CS(=O)(=O)c1ccccc1. The first-order valence-electron chi connectivity index (χ1n) is 8.19. The van der Waals surface area contributed by atoms with Crippen LogP contribution >= 0.6 is 11.6 Å². The van der Waals surface area contributed by atoms with E-state index < -0.39 is 15.7 Å². The van der Waals surface area contributed by atoms with Crippen molar-refractivity contribution in [1.82, 2.24) is 0 Å². The minimum absolute atomic E-state index is 0.0722. The number of ether oxygens (including phenoxy) is 2. The second-order valence-corrected chi connectivity index (χ2v) is 8.38. The average Bonchev–Trinajstić information content (AvgIpc) is 3.31. The van der Waals surface area contributed by atoms with Crippen LogP contribution in [0.4, 0.5) is 5.69 Å². The summed E-state index contributed by atoms with van der Waals surface area (Å²) >= 11 is 6.16. The molecule has 1 amide bonds. The van der Waals surface area contributed by atoms with Crippen LogP contribution < -0.4 is 14.8 Å². The van der Waals surface area contributed by atoms with Crippen molar-refractivity contribution < 1.29 is 27.1 Å². The molecule has 144 valence electrons. The van der Waals surface area contributed by atoms with E-state index in [0.29, 0.717) is 17.2 Å². The highest BCUT2D eigenvalue weighted by Gasteiger charge is 2.24. The zero-order chi connectivity index (χ0) is 19.7.